The molecule has 0 amide bonds. The number of aromatic amines is 1. The Morgan fingerprint density at radius 2 is 2.05 bits per heavy atom. The van der Waals surface area contributed by atoms with Gasteiger partial charge in [0.2, 0.25) is 0 Å². The minimum atomic E-state index is -0.648. The molecule has 0 aliphatic carbocycles. The summed E-state index contributed by atoms with van der Waals surface area (Å²) < 4.78 is 4.93. The lowest BCUT2D eigenvalue weighted by Gasteiger charge is -2.14. The van der Waals surface area contributed by atoms with Crippen LogP contribution in [0.3, 0.4) is 0 Å². The number of aliphatic hydroxyl groups is 1. The molecule has 3 aromatic rings. The smallest absolute Gasteiger partial charge is 0.408 e. The highest BCUT2D eigenvalue weighted by Gasteiger charge is 2.10. The van der Waals surface area contributed by atoms with E-state index in [1.165, 1.54) is 0 Å². The predicted octanol–water partition coefficient (Wildman–Crippen LogP) is 1.85. The number of nitrogens with two attached hydrogens (primary N) is 1. The molecule has 0 radical (unpaired) electrons. The van der Waals surface area contributed by atoms with Gasteiger partial charge in [0.15, 0.2) is 5.58 Å². The van der Waals surface area contributed by atoms with Crippen LogP contribution in [0.2, 0.25) is 0 Å². The van der Waals surface area contributed by atoms with Crippen molar-refractivity contribution >= 4 is 22.5 Å². The molecule has 1 aromatic heterocycles. The Labute approximate surface area is 120 Å². The van der Waals surface area contributed by atoms with Gasteiger partial charge in [0.05, 0.1) is 23.0 Å². The molecule has 1 heterocycles. The Morgan fingerprint density at radius 3 is 2.81 bits per heavy atom. The lowest BCUT2D eigenvalue weighted by atomic mass is 10.1. The van der Waals surface area contributed by atoms with Crippen molar-refractivity contribution in [3.05, 3.63) is 58.6 Å². The molecule has 0 aliphatic rings. The number of H-pyrrole nitrogens is 1. The third-order valence-corrected chi connectivity index (χ3v) is 3.26. The van der Waals surface area contributed by atoms with Crippen LogP contribution in [0.1, 0.15) is 11.7 Å². The number of oxazole rings is 1. The zero-order chi connectivity index (χ0) is 14.8. The van der Waals surface area contributed by atoms with Crippen LogP contribution in [0, 0.1) is 0 Å². The lowest BCUT2D eigenvalue weighted by molar-refractivity contribution is 0.191. The maximum absolute atomic E-state index is 11.1. The zero-order valence-corrected chi connectivity index (χ0v) is 11.2. The Hall–Kier alpha value is -2.73. The van der Waals surface area contributed by atoms with Crippen molar-refractivity contribution in [2.24, 2.45) is 0 Å². The zero-order valence-electron chi connectivity index (χ0n) is 11.2. The maximum atomic E-state index is 11.1. The summed E-state index contributed by atoms with van der Waals surface area (Å²) in [6, 6.07) is 12.6. The summed E-state index contributed by atoms with van der Waals surface area (Å²) in [7, 11) is 0. The van der Waals surface area contributed by atoms with Gasteiger partial charge in [0, 0.05) is 12.6 Å². The molecular formula is C15H15N3O3. The van der Waals surface area contributed by atoms with Gasteiger partial charge in [-0.3, -0.25) is 4.98 Å². The molecule has 6 heteroatoms. The summed E-state index contributed by atoms with van der Waals surface area (Å²) in [5, 5.41) is 13.2. The van der Waals surface area contributed by atoms with E-state index in [1.54, 1.807) is 12.1 Å². The fraction of sp³-hybridized carbons (Fsp3) is 0.133. The Kier molecular flexibility index (Phi) is 3.37. The molecule has 0 bridgehead atoms. The van der Waals surface area contributed by atoms with Crippen LogP contribution in [0.25, 0.3) is 11.1 Å². The number of nitrogen functional groups attached to an aromatic ring is 1. The van der Waals surface area contributed by atoms with Crippen molar-refractivity contribution in [3.63, 3.8) is 0 Å². The average Bonchev–Trinajstić information content (AvgIpc) is 2.84. The standard InChI is InChI=1S/C15H15N3O3/c16-10-6-14-12(18-15(20)21-14)7-11(10)17-8-13(19)9-4-2-1-3-5-9/h1-7,13,17,19H,8,16H2,(H,18,20). The number of aliphatic hydroxyl groups excluding tert-OH is 1. The number of rotatable bonds is 4. The van der Waals surface area contributed by atoms with E-state index in [0.29, 0.717) is 29.0 Å². The molecule has 1 unspecified atom stereocenters. The first-order valence-corrected chi connectivity index (χ1v) is 6.53. The fourth-order valence-corrected chi connectivity index (χ4v) is 2.17. The van der Waals surface area contributed by atoms with Gasteiger partial charge < -0.3 is 20.6 Å². The van der Waals surface area contributed by atoms with E-state index in [9.17, 15) is 9.90 Å². The number of benzene rings is 2. The van der Waals surface area contributed by atoms with Crippen molar-refractivity contribution in [1.82, 2.24) is 4.98 Å². The molecule has 0 spiro atoms. The van der Waals surface area contributed by atoms with E-state index < -0.39 is 11.9 Å². The van der Waals surface area contributed by atoms with Gasteiger partial charge in [-0.05, 0) is 11.6 Å². The van der Waals surface area contributed by atoms with Gasteiger partial charge in [0.1, 0.15) is 0 Å². The normalized spacial score (nSPS) is 12.4. The molecule has 0 aliphatic heterocycles. The average molecular weight is 285 g/mol. The Balaban J connectivity index is 1.78. The van der Waals surface area contributed by atoms with Gasteiger partial charge in [0.25, 0.3) is 0 Å². The SMILES string of the molecule is Nc1cc2oc(=O)[nH]c2cc1NCC(O)c1ccccc1. The first kappa shape index (κ1) is 13.3. The highest BCUT2D eigenvalue weighted by molar-refractivity contribution is 5.85. The van der Waals surface area contributed by atoms with Crippen LogP contribution in [0.4, 0.5) is 11.4 Å². The summed E-state index contributed by atoms with van der Waals surface area (Å²) >= 11 is 0. The van der Waals surface area contributed by atoms with Crippen molar-refractivity contribution in [2.75, 3.05) is 17.6 Å². The second-order valence-electron chi connectivity index (χ2n) is 4.76. The Morgan fingerprint density at radius 1 is 1.29 bits per heavy atom. The van der Waals surface area contributed by atoms with Crippen molar-refractivity contribution in [1.29, 1.82) is 0 Å². The molecule has 6 nitrogen and oxygen atoms in total. The van der Waals surface area contributed by atoms with Crippen LogP contribution >= 0.6 is 0 Å². The molecule has 1 atom stereocenters. The van der Waals surface area contributed by atoms with Crippen LogP contribution in [0.5, 0.6) is 0 Å². The highest BCUT2D eigenvalue weighted by Crippen LogP contribution is 2.25. The van der Waals surface area contributed by atoms with Gasteiger partial charge in [-0.15, -0.1) is 0 Å². The molecule has 0 saturated heterocycles. The lowest BCUT2D eigenvalue weighted by Crippen LogP contribution is -2.13. The van der Waals surface area contributed by atoms with E-state index >= 15 is 0 Å². The van der Waals surface area contributed by atoms with E-state index in [-0.39, 0.29) is 0 Å². The van der Waals surface area contributed by atoms with Crippen LogP contribution in [-0.2, 0) is 0 Å². The molecule has 0 saturated carbocycles. The van der Waals surface area contributed by atoms with Gasteiger partial charge in [-0.1, -0.05) is 30.3 Å². The quantitative estimate of drug-likeness (QED) is 0.548. The van der Waals surface area contributed by atoms with Crippen molar-refractivity contribution in [2.45, 2.75) is 6.10 Å². The summed E-state index contributed by atoms with van der Waals surface area (Å²) in [5.74, 6) is -0.522. The second kappa shape index (κ2) is 5.34. The Bertz CT molecular complexity index is 808. The number of hydrogen-bond donors (Lipinski definition) is 4. The summed E-state index contributed by atoms with van der Waals surface area (Å²) in [4.78, 5) is 13.7. The largest absolute Gasteiger partial charge is 0.417 e. The monoisotopic (exact) mass is 285 g/mol. The van der Waals surface area contributed by atoms with Gasteiger partial charge in [-0.25, -0.2) is 4.79 Å². The molecular weight excluding hydrogens is 270 g/mol. The molecule has 2 aromatic carbocycles. The summed E-state index contributed by atoms with van der Waals surface area (Å²) in [6.07, 6.45) is -0.648. The minimum absolute atomic E-state index is 0.307. The highest BCUT2D eigenvalue weighted by atomic mass is 16.4. The molecule has 21 heavy (non-hydrogen) atoms. The van der Waals surface area contributed by atoms with E-state index in [0.717, 1.165) is 5.56 Å². The van der Waals surface area contributed by atoms with E-state index in [4.69, 9.17) is 10.2 Å². The predicted molar refractivity (Wildman–Crippen MR) is 81.1 cm³/mol. The topological polar surface area (TPSA) is 104 Å². The van der Waals surface area contributed by atoms with Crippen LogP contribution in [0.15, 0.2) is 51.7 Å². The van der Waals surface area contributed by atoms with Crippen LogP contribution in [-0.4, -0.2) is 16.6 Å². The number of anilines is 2. The number of hydrogen-bond acceptors (Lipinski definition) is 5. The maximum Gasteiger partial charge on any atom is 0.417 e. The van der Waals surface area contributed by atoms with Crippen molar-refractivity contribution in [3.8, 4) is 0 Å². The molecule has 5 N–H and O–H groups in total. The number of nitrogens with one attached hydrogen (secondary N) is 2. The van der Waals surface area contributed by atoms with E-state index in [2.05, 4.69) is 10.3 Å². The third-order valence-electron chi connectivity index (χ3n) is 3.26. The van der Waals surface area contributed by atoms with Gasteiger partial charge in [-0.2, -0.15) is 0 Å². The minimum Gasteiger partial charge on any atom is -0.408 e. The molecule has 0 fully saturated rings. The number of aromatic nitrogens is 1. The summed E-state index contributed by atoms with van der Waals surface area (Å²) in [5.41, 5.74) is 8.77. The molecule has 3 rings (SSSR count). The van der Waals surface area contributed by atoms with E-state index in [1.807, 2.05) is 30.3 Å². The van der Waals surface area contributed by atoms with Crippen LogP contribution < -0.4 is 16.8 Å². The first-order chi connectivity index (χ1) is 10.1. The number of fused-ring (bicyclic) bond motifs is 1. The first-order valence-electron chi connectivity index (χ1n) is 6.53. The molecule has 108 valence electrons. The van der Waals surface area contributed by atoms with Crippen molar-refractivity contribution < 1.29 is 9.52 Å². The third kappa shape index (κ3) is 2.75. The fourth-order valence-electron chi connectivity index (χ4n) is 2.17. The van der Waals surface area contributed by atoms with Gasteiger partial charge >= 0.3 is 5.76 Å². The summed E-state index contributed by atoms with van der Waals surface area (Å²) in [6.45, 7) is 0.307. The second-order valence-corrected chi connectivity index (χ2v) is 4.76.